The zero-order valence-electron chi connectivity index (χ0n) is 15.3. The van der Waals surface area contributed by atoms with Crippen LogP contribution in [-0.2, 0) is 0 Å². The molecule has 142 valence electrons. The summed E-state index contributed by atoms with van der Waals surface area (Å²) in [6.07, 6.45) is 6.25. The quantitative estimate of drug-likeness (QED) is 0.880. The average Bonchev–Trinajstić information content (AvgIpc) is 2.74. The van der Waals surface area contributed by atoms with Crippen LogP contribution in [0.15, 0.2) is 48.8 Å². The number of benzene rings is 1. The normalized spacial score (nSPS) is 19.7. The number of rotatable bonds is 5. The number of pyridine rings is 1. The molecule has 27 heavy (non-hydrogen) atoms. The van der Waals surface area contributed by atoms with Gasteiger partial charge in [0.1, 0.15) is 12.7 Å². The standard InChI is InChI=1S/C21H25N3O3/c25-21(16-4-3-10-22-14-16)24-12-8-17(9-13-24)23-11-7-18-15-26-19-5-1-2-6-20(19)27-18/h1-6,10,14,17-18,23H,7-9,11-13,15H2. The van der Waals surface area contributed by atoms with Crippen molar-refractivity contribution in [1.82, 2.24) is 15.2 Å². The van der Waals surface area contributed by atoms with Crippen molar-refractivity contribution >= 4 is 5.91 Å². The molecule has 2 aromatic rings. The van der Waals surface area contributed by atoms with E-state index < -0.39 is 0 Å². The van der Waals surface area contributed by atoms with E-state index in [2.05, 4.69) is 10.3 Å². The van der Waals surface area contributed by atoms with Gasteiger partial charge in [0.05, 0.1) is 5.56 Å². The third-order valence-electron chi connectivity index (χ3n) is 5.16. The van der Waals surface area contributed by atoms with Gasteiger partial charge in [0.2, 0.25) is 0 Å². The number of carbonyl (C=O) groups is 1. The van der Waals surface area contributed by atoms with Crippen LogP contribution in [0.4, 0.5) is 0 Å². The van der Waals surface area contributed by atoms with Gasteiger partial charge in [-0.2, -0.15) is 0 Å². The number of carbonyl (C=O) groups excluding carboxylic acids is 1. The fraction of sp³-hybridized carbons (Fsp3) is 0.429. The molecule has 6 heteroatoms. The van der Waals surface area contributed by atoms with Crippen molar-refractivity contribution in [3.8, 4) is 11.5 Å². The van der Waals surface area contributed by atoms with Crippen LogP contribution in [-0.4, -0.2) is 54.2 Å². The van der Waals surface area contributed by atoms with Gasteiger partial charge in [0, 0.05) is 37.9 Å². The Bertz CT molecular complexity index is 760. The molecule has 1 fully saturated rings. The number of piperidine rings is 1. The summed E-state index contributed by atoms with van der Waals surface area (Å²) in [7, 11) is 0. The number of aromatic nitrogens is 1. The fourth-order valence-corrected chi connectivity index (χ4v) is 3.61. The van der Waals surface area contributed by atoms with E-state index in [4.69, 9.17) is 9.47 Å². The summed E-state index contributed by atoms with van der Waals surface area (Å²) in [6, 6.07) is 11.9. The fourth-order valence-electron chi connectivity index (χ4n) is 3.61. The average molecular weight is 367 g/mol. The molecule has 1 aromatic carbocycles. The summed E-state index contributed by atoms with van der Waals surface area (Å²) in [5.41, 5.74) is 0.665. The third kappa shape index (κ3) is 4.39. The maximum absolute atomic E-state index is 12.5. The lowest BCUT2D eigenvalue weighted by molar-refractivity contribution is 0.0695. The Kier molecular flexibility index (Phi) is 5.53. The summed E-state index contributed by atoms with van der Waals surface area (Å²) in [5, 5.41) is 3.61. The monoisotopic (exact) mass is 367 g/mol. The van der Waals surface area contributed by atoms with Crippen molar-refractivity contribution < 1.29 is 14.3 Å². The predicted octanol–water partition coefficient (Wildman–Crippen LogP) is 2.51. The van der Waals surface area contributed by atoms with Crippen molar-refractivity contribution in [2.45, 2.75) is 31.4 Å². The third-order valence-corrected chi connectivity index (χ3v) is 5.16. The van der Waals surface area contributed by atoms with Gasteiger partial charge in [0.25, 0.3) is 5.91 Å². The first-order valence-electron chi connectivity index (χ1n) is 9.61. The van der Waals surface area contributed by atoms with Crippen LogP contribution in [0.5, 0.6) is 11.5 Å². The van der Waals surface area contributed by atoms with Gasteiger partial charge in [-0.1, -0.05) is 12.1 Å². The van der Waals surface area contributed by atoms with Gasteiger partial charge in [0.15, 0.2) is 11.5 Å². The highest BCUT2D eigenvalue weighted by molar-refractivity contribution is 5.93. The van der Waals surface area contributed by atoms with E-state index in [-0.39, 0.29) is 12.0 Å². The number of nitrogens with zero attached hydrogens (tertiary/aromatic N) is 2. The van der Waals surface area contributed by atoms with E-state index >= 15 is 0 Å². The molecule has 0 bridgehead atoms. The van der Waals surface area contributed by atoms with Crippen LogP contribution < -0.4 is 14.8 Å². The van der Waals surface area contributed by atoms with Gasteiger partial charge in [-0.25, -0.2) is 0 Å². The number of hydrogen-bond acceptors (Lipinski definition) is 5. The first-order chi connectivity index (χ1) is 13.3. The van der Waals surface area contributed by atoms with Crippen molar-refractivity contribution in [2.24, 2.45) is 0 Å². The Morgan fingerprint density at radius 1 is 1.15 bits per heavy atom. The molecule has 0 radical (unpaired) electrons. The minimum Gasteiger partial charge on any atom is -0.486 e. The minimum atomic E-state index is 0.0768. The van der Waals surface area contributed by atoms with Crippen LogP contribution in [0.3, 0.4) is 0 Å². The summed E-state index contributed by atoms with van der Waals surface area (Å²) in [4.78, 5) is 18.4. The first kappa shape index (κ1) is 17.8. The number of nitrogens with one attached hydrogen (secondary N) is 1. The Hall–Kier alpha value is -2.60. The van der Waals surface area contributed by atoms with Crippen LogP contribution >= 0.6 is 0 Å². The Morgan fingerprint density at radius 3 is 2.74 bits per heavy atom. The molecule has 1 atom stereocenters. The maximum Gasteiger partial charge on any atom is 0.255 e. The molecule has 4 rings (SSSR count). The Balaban J connectivity index is 1.18. The van der Waals surface area contributed by atoms with Gasteiger partial charge < -0.3 is 19.7 Å². The van der Waals surface area contributed by atoms with Crippen molar-refractivity contribution in [3.63, 3.8) is 0 Å². The molecule has 0 aliphatic carbocycles. The molecule has 0 spiro atoms. The summed E-state index contributed by atoms with van der Waals surface area (Å²) in [5.74, 6) is 1.73. The number of fused-ring (bicyclic) bond motifs is 1. The highest BCUT2D eigenvalue weighted by Crippen LogP contribution is 2.31. The smallest absolute Gasteiger partial charge is 0.255 e. The van der Waals surface area contributed by atoms with Gasteiger partial charge in [-0.05, 0) is 43.7 Å². The number of amides is 1. The number of likely N-dealkylation sites (tertiary alicyclic amines) is 1. The van der Waals surface area contributed by atoms with E-state index in [1.807, 2.05) is 35.2 Å². The molecule has 2 aliphatic heterocycles. The van der Waals surface area contributed by atoms with Crippen LogP contribution in [0.25, 0.3) is 0 Å². The maximum atomic E-state index is 12.5. The van der Waals surface area contributed by atoms with Gasteiger partial charge >= 0.3 is 0 Å². The molecule has 2 aliphatic rings. The molecule has 1 unspecified atom stereocenters. The molecule has 0 saturated carbocycles. The molecule has 1 aromatic heterocycles. The largest absolute Gasteiger partial charge is 0.486 e. The first-order valence-corrected chi connectivity index (χ1v) is 9.61. The number of ether oxygens (including phenoxy) is 2. The SMILES string of the molecule is O=C(c1cccnc1)N1CCC(NCCC2COc3ccccc3O2)CC1. The lowest BCUT2D eigenvalue weighted by Gasteiger charge is -2.33. The lowest BCUT2D eigenvalue weighted by atomic mass is 10.0. The van der Waals surface area contributed by atoms with Gasteiger partial charge in [-0.15, -0.1) is 0 Å². The minimum absolute atomic E-state index is 0.0768. The summed E-state index contributed by atoms with van der Waals surface area (Å²) < 4.78 is 11.8. The van der Waals surface area contributed by atoms with E-state index in [0.717, 1.165) is 50.4 Å². The van der Waals surface area contributed by atoms with Crippen LogP contribution in [0.2, 0.25) is 0 Å². The lowest BCUT2D eigenvalue weighted by Crippen LogP contribution is -2.45. The molecule has 1 saturated heterocycles. The Morgan fingerprint density at radius 2 is 1.96 bits per heavy atom. The second-order valence-electron chi connectivity index (χ2n) is 7.05. The highest BCUT2D eigenvalue weighted by Gasteiger charge is 2.24. The molecule has 3 heterocycles. The topological polar surface area (TPSA) is 63.7 Å². The van der Waals surface area contributed by atoms with E-state index in [9.17, 15) is 4.79 Å². The van der Waals surface area contributed by atoms with Crippen molar-refractivity contribution in [3.05, 3.63) is 54.4 Å². The van der Waals surface area contributed by atoms with Crippen molar-refractivity contribution in [2.75, 3.05) is 26.2 Å². The van der Waals surface area contributed by atoms with Crippen LogP contribution in [0, 0.1) is 0 Å². The second-order valence-corrected chi connectivity index (χ2v) is 7.05. The zero-order chi connectivity index (χ0) is 18.5. The van der Waals surface area contributed by atoms with Crippen LogP contribution in [0.1, 0.15) is 29.6 Å². The molecular formula is C21H25N3O3. The Labute approximate surface area is 159 Å². The van der Waals surface area contributed by atoms with E-state index in [1.165, 1.54) is 0 Å². The van der Waals surface area contributed by atoms with E-state index in [0.29, 0.717) is 18.2 Å². The number of para-hydroxylation sites is 2. The summed E-state index contributed by atoms with van der Waals surface area (Å²) >= 11 is 0. The summed E-state index contributed by atoms with van der Waals surface area (Å²) in [6.45, 7) is 3.04. The second kappa shape index (κ2) is 8.39. The molecule has 1 amide bonds. The zero-order valence-corrected chi connectivity index (χ0v) is 15.3. The molecule has 1 N–H and O–H groups in total. The number of hydrogen-bond donors (Lipinski definition) is 1. The predicted molar refractivity (Wildman–Crippen MR) is 102 cm³/mol. The van der Waals surface area contributed by atoms with Crippen molar-refractivity contribution in [1.29, 1.82) is 0 Å². The van der Waals surface area contributed by atoms with Gasteiger partial charge in [-0.3, -0.25) is 9.78 Å². The van der Waals surface area contributed by atoms with E-state index in [1.54, 1.807) is 18.5 Å². The molecular weight excluding hydrogens is 342 g/mol. The molecule has 6 nitrogen and oxygen atoms in total. The highest BCUT2D eigenvalue weighted by atomic mass is 16.6.